The zero-order chi connectivity index (χ0) is 13.2. The van der Waals surface area contributed by atoms with Gasteiger partial charge in [-0.25, -0.2) is 0 Å². The molecule has 0 bridgehead atoms. The largest absolute Gasteiger partial charge is 0.342 e. The molecule has 1 aromatic heterocycles. The molecule has 19 heavy (non-hydrogen) atoms. The number of nitrogens with zero attached hydrogens (tertiary/aromatic N) is 2. The lowest BCUT2D eigenvalue weighted by molar-refractivity contribution is -0.139. The van der Waals surface area contributed by atoms with Gasteiger partial charge in [-0.05, 0) is 56.2 Å². The second-order valence-electron chi connectivity index (χ2n) is 5.96. The van der Waals surface area contributed by atoms with E-state index in [2.05, 4.69) is 22.0 Å². The van der Waals surface area contributed by atoms with Crippen LogP contribution >= 0.6 is 0 Å². The Labute approximate surface area is 115 Å². The van der Waals surface area contributed by atoms with Crippen LogP contribution in [0.5, 0.6) is 0 Å². The molecule has 0 spiro atoms. The van der Waals surface area contributed by atoms with E-state index in [0.717, 1.165) is 44.5 Å². The van der Waals surface area contributed by atoms with Crippen molar-refractivity contribution in [2.75, 3.05) is 13.1 Å². The molecule has 2 heterocycles. The fraction of sp³-hybridized carbons (Fsp3) is 0.625. The molecule has 3 heteroatoms. The zero-order valence-corrected chi connectivity index (χ0v) is 11.6. The van der Waals surface area contributed by atoms with Crippen molar-refractivity contribution >= 4 is 5.91 Å². The van der Waals surface area contributed by atoms with Crippen LogP contribution in [0.15, 0.2) is 18.3 Å². The van der Waals surface area contributed by atoms with Gasteiger partial charge in [0.25, 0.3) is 0 Å². The lowest BCUT2D eigenvalue weighted by Crippen LogP contribution is -2.43. The van der Waals surface area contributed by atoms with Gasteiger partial charge < -0.3 is 4.90 Å². The Kier molecular flexibility index (Phi) is 3.54. The third-order valence-electron chi connectivity index (χ3n) is 4.65. The number of carbonyl (C=O) groups is 1. The Morgan fingerprint density at radius 2 is 2.00 bits per heavy atom. The van der Waals surface area contributed by atoms with Crippen molar-refractivity contribution < 1.29 is 4.79 Å². The highest BCUT2D eigenvalue weighted by Gasteiger charge is 2.31. The number of aromatic nitrogens is 1. The molecule has 0 aromatic carbocycles. The van der Waals surface area contributed by atoms with Crippen molar-refractivity contribution in [1.29, 1.82) is 0 Å². The lowest BCUT2D eigenvalue weighted by atomic mass is 9.83. The van der Waals surface area contributed by atoms with E-state index in [9.17, 15) is 4.79 Å². The highest BCUT2D eigenvalue weighted by molar-refractivity contribution is 5.79. The molecule has 3 rings (SSSR count). The number of amides is 1. The molecule has 3 nitrogen and oxygen atoms in total. The summed E-state index contributed by atoms with van der Waals surface area (Å²) >= 11 is 0. The third kappa shape index (κ3) is 2.65. The molecule has 0 atom stereocenters. The van der Waals surface area contributed by atoms with Gasteiger partial charge >= 0.3 is 0 Å². The van der Waals surface area contributed by atoms with E-state index in [0.29, 0.717) is 17.7 Å². The van der Waals surface area contributed by atoms with Crippen LogP contribution in [-0.2, 0) is 4.79 Å². The topological polar surface area (TPSA) is 33.2 Å². The van der Waals surface area contributed by atoms with Gasteiger partial charge in [0.2, 0.25) is 5.91 Å². The molecule has 0 radical (unpaired) electrons. The Morgan fingerprint density at radius 1 is 1.26 bits per heavy atom. The maximum atomic E-state index is 12.2. The van der Waals surface area contributed by atoms with Crippen molar-refractivity contribution in [1.82, 2.24) is 9.88 Å². The van der Waals surface area contributed by atoms with Crippen LogP contribution in [0, 0.1) is 12.8 Å². The van der Waals surface area contributed by atoms with Crippen LogP contribution in [0.25, 0.3) is 0 Å². The molecular formula is C16H22N2O. The summed E-state index contributed by atoms with van der Waals surface area (Å²) in [6.45, 7) is 3.90. The van der Waals surface area contributed by atoms with Gasteiger partial charge in [-0.3, -0.25) is 9.78 Å². The summed E-state index contributed by atoms with van der Waals surface area (Å²) in [4.78, 5) is 18.5. The van der Waals surface area contributed by atoms with Crippen molar-refractivity contribution in [3.05, 3.63) is 29.6 Å². The standard InChI is InChI=1S/C16H22N2O/c1-12-11-15(5-8-17-12)13-6-9-18(10-7-13)16(19)14-3-2-4-14/h5,8,11,13-14H,2-4,6-7,9-10H2,1H3. The SMILES string of the molecule is Cc1cc(C2CCN(C(=O)C3CCC3)CC2)ccn1. The monoisotopic (exact) mass is 258 g/mol. The Bertz CT molecular complexity index is 460. The minimum atomic E-state index is 0.347. The Hall–Kier alpha value is -1.38. The smallest absolute Gasteiger partial charge is 0.225 e. The number of carbonyl (C=O) groups excluding carboxylic acids is 1. The van der Waals surface area contributed by atoms with Crippen molar-refractivity contribution in [3.63, 3.8) is 0 Å². The van der Waals surface area contributed by atoms with Crippen LogP contribution in [-0.4, -0.2) is 28.9 Å². The highest BCUT2D eigenvalue weighted by atomic mass is 16.2. The van der Waals surface area contributed by atoms with E-state index in [4.69, 9.17) is 0 Å². The Balaban J connectivity index is 1.58. The van der Waals surface area contributed by atoms with Gasteiger partial charge in [-0.15, -0.1) is 0 Å². The van der Waals surface area contributed by atoms with Gasteiger partial charge in [0.15, 0.2) is 0 Å². The van der Waals surface area contributed by atoms with E-state index in [1.807, 2.05) is 13.1 Å². The van der Waals surface area contributed by atoms with Crippen LogP contribution in [0.1, 0.15) is 49.3 Å². The summed E-state index contributed by atoms with van der Waals surface area (Å²) in [5.41, 5.74) is 2.48. The van der Waals surface area contributed by atoms with E-state index in [1.165, 1.54) is 12.0 Å². The number of hydrogen-bond donors (Lipinski definition) is 0. The quantitative estimate of drug-likeness (QED) is 0.817. The number of rotatable bonds is 2. The molecular weight excluding hydrogens is 236 g/mol. The molecule has 1 aromatic rings. The van der Waals surface area contributed by atoms with E-state index in [-0.39, 0.29) is 0 Å². The van der Waals surface area contributed by atoms with Gasteiger partial charge in [-0.2, -0.15) is 0 Å². The lowest BCUT2D eigenvalue weighted by Gasteiger charge is -2.36. The highest BCUT2D eigenvalue weighted by Crippen LogP contribution is 2.32. The molecule has 1 saturated heterocycles. The van der Waals surface area contributed by atoms with Gasteiger partial charge in [0.05, 0.1) is 0 Å². The molecule has 0 unspecified atom stereocenters. The summed E-state index contributed by atoms with van der Waals surface area (Å²) in [6.07, 6.45) is 7.56. The van der Waals surface area contributed by atoms with E-state index in [1.54, 1.807) is 0 Å². The normalized spacial score (nSPS) is 21.2. The predicted molar refractivity (Wildman–Crippen MR) is 74.9 cm³/mol. The fourth-order valence-corrected chi connectivity index (χ4v) is 3.17. The molecule has 2 aliphatic rings. The summed E-state index contributed by atoms with van der Waals surface area (Å²) in [6, 6.07) is 4.31. The minimum absolute atomic E-state index is 0.347. The molecule has 102 valence electrons. The first-order valence-electron chi connectivity index (χ1n) is 7.45. The van der Waals surface area contributed by atoms with Crippen LogP contribution < -0.4 is 0 Å². The molecule has 1 aliphatic carbocycles. The molecule has 2 fully saturated rings. The second-order valence-corrected chi connectivity index (χ2v) is 5.96. The maximum Gasteiger partial charge on any atom is 0.225 e. The number of piperidine rings is 1. The second kappa shape index (κ2) is 5.32. The number of likely N-dealkylation sites (tertiary alicyclic amines) is 1. The summed E-state index contributed by atoms with van der Waals surface area (Å²) in [5.74, 6) is 1.36. The molecule has 0 N–H and O–H groups in total. The third-order valence-corrected chi connectivity index (χ3v) is 4.65. The average molecular weight is 258 g/mol. The first-order chi connectivity index (χ1) is 9.24. The molecule has 1 saturated carbocycles. The predicted octanol–water partition coefficient (Wildman–Crippen LogP) is 2.90. The fourth-order valence-electron chi connectivity index (χ4n) is 3.17. The van der Waals surface area contributed by atoms with Crippen LogP contribution in [0.3, 0.4) is 0 Å². The first-order valence-corrected chi connectivity index (χ1v) is 7.45. The summed E-state index contributed by atoms with van der Waals surface area (Å²) in [7, 11) is 0. The van der Waals surface area contributed by atoms with Gasteiger partial charge in [0.1, 0.15) is 0 Å². The van der Waals surface area contributed by atoms with Crippen molar-refractivity contribution in [2.45, 2.75) is 44.9 Å². The summed E-state index contributed by atoms with van der Waals surface area (Å²) in [5, 5.41) is 0. The first kappa shape index (κ1) is 12.6. The van der Waals surface area contributed by atoms with Gasteiger partial charge in [0, 0.05) is 30.9 Å². The maximum absolute atomic E-state index is 12.2. The zero-order valence-electron chi connectivity index (χ0n) is 11.6. The summed E-state index contributed by atoms with van der Waals surface area (Å²) < 4.78 is 0. The van der Waals surface area contributed by atoms with E-state index >= 15 is 0 Å². The number of pyridine rings is 1. The van der Waals surface area contributed by atoms with Gasteiger partial charge in [-0.1, -0.05) is 6.42 Å². The number of aryl methyl sites for hydroxylation is 1. The minimum Gasteiger partial charge on any atom is -0.342 e. The Morgan fingerprint density at radius 3 is 2.58 bits per heavy atom. The van der Waals surface area contributed by atoms with Crippen molar-refractivity contribution in [3.8, 4) is 0 Å². The molecule has 1 aliphatic heterocycles. The van der Waals surface area contributed by atoms with E-state index < -0.39 is 0 Å². The van der Waals surface area contributed by atoms with Crippen molar-refractivity contribution in [2.24, 2.45) is 5.92 Å². The average Bonchev–Trinajstić information content (AvgIpc) is 2.37. The van der Waals surface area contributed by atoms with Crippen LogP contribution in [0.2, 0.25) is 0 Å². The van der Waals surface area contributed by atoms with Crippen LogP contribution in [0.4, 0.5) is 0 Å². The number of hydrogen-bond acceptors (Lipinski definition) is 2. The molecule has 1 amide bonds.